The zero-order valence-corrected chi connectivity index (χ0v) is 17.5. The molecule has 0 N–H and O–H groups in total. The lowest BCUT2D eigenvalue weighted by atomic mass is 9.78. The lowest BCUT2D eigenvalue weighted by Crippen LogP contribution is -2.52. The second-order valence-corrected chi connectivity index (χ2v) is 8.66. The van der Waals surface area contributed by atoms with Crippen molar-refractivity contribution < 1.29 is 0 Å². The molecule has 7 nitrogen and oxygen atoms in total. The smallest absolute Gasteiger partial charge is 0.251 e. The van der Waals surface area contributed by atoms with Crippen molar-refractivity contribution in [3.8, 4) is 0 Å². The van der Waals surface area contributed by atoms with Crippen LogP contribution in [-0.4, -0.2) is 67.3 Å². The Labute approximate surface area is 166 Å². The first-order valence-electron chi connectivity index (χ1n) is 9.97. The zero-order valence-electron chi connectivity index (χ0n) is 17.5. The van der Waals surface area contributed by atoms with Gasteiger partial charge in [-0.3, -0.25) is 4.79 Å². The Balaban J connectivity index is 1.73. The predicted molar refractivity (Wildman–Crippen MR) is 112 cm³/mol. The summed E-state index contributed by atoms with van der Waals surface area (Å²) < 4.78 is 2.05. The second kappa shape index (κ2) is 7.20. The Bertz CT molecular complexity index is 921. The summed E-state index contributed by atoms with van der Waals surface area (Å²) in [6.07, 6.45) is 3.03. The van der Waals surface area contributed by atoms with Crippen molar-refractivity contribution in [3.05, 3.63) is 46.0 Å². The molecule has 2 aliphatic rings. The molecule has 7 heteroatoms. The van der Waals surface area contributed by atoms with E-state index in [0.29, 0.717) is 11.8 Å². The number of hydrogen-bond acceptors (Lipinski definition) is 6. The van der Waals surface area contributed by atoms with Crippen LogP contribution >= 0.6 is 0 Å². The lowest BCUT2D eigenvalue weighted by Gasteiger charge is -2.47. The van der Waals surface area contributed by atoms with Gasteiger partial charge in [0.05, 0.1) is 6.04 Å². The van der Waals surface area contributed by atoms with Crippen LogP contribution in [0.4, 0.5) is 11.8 Å². The summed E-state index contributed by atoms with van der Waals surface area (Å²) in [6.45, 7) is 4.63. The maximum Gasteiger partial charge on any atom is 0.251 e. The molecule has 0 aromatic carbocycles. The number of nitrogens with zero attached hydrogens (tertiary/aromatic N) is 6. The van der Waals surface area contributed by atoms with Crippen molar-refractivity contribution in [1.29, 1.82) is 0 Å². The topological polar surface area (TPSA) is 57.5 Å². The Kier molecular flexibility index (Phi) is 4.87. The standard InChI is InChI=1S/C21H30N6O/c1-14-10-22-21(23-20(14)25(4)5)26-11-15-9-16(12-26)18(13-24(2)3)27-17(15)7-6-8-19(27)28/h6-8,10,15-16,18H,9,11-13H2,1-5H3/t15-,16+,18+/m1/s1. The second-order valence-electron chi connectivity index (χ2n) is 8.66. The molecule has 2 aromatic rings. The van der Waals surface area contributed by atoms with E-state index >= 15 is 0 Å². The summed E-state index contributed by atoms with van der Waals surface area (Å²) in [4.78, 5) is 28.7. The molecule has 0 amide bonds. The molecular weight excluding hydrogens is 352 g/mol. The van der Waals surface area contributed by atoms with Gasteiger partial charge in [-0.05, 0) is 39.4 Å². The van der Waals surface area contributed by atoms with Gasteiger partial charge in [-0.25, -0.2) is 4.98 Å². The van der Waals surface area contributed by atoms with E-state index < -0.39 is 0 Å². The Morgan fingerprint density at radius 3 is 2.68 bits per heavy atom. The lowest BCUT2D eigenvalue weighted by molar-refractivity contribution is 0.174. The molecule has 0 saturated carbocycles. The van der Waals surface area contributed by atoms with Gasteiger partial charge in [0, 0.05) is 63.2 Å². The van der Waals surface area contributed by atoms with E-state index in [1.807, 2.05) is 38.2 Å². The summed E-state index contributed by atoms with van der Waals surface area (Å²) in [5.74, 6) is 2.49. The van der Waals surface area contributed by atoms with Crippen LogP contribution in [0.1, 0.15) is 29.6 Å². The van der Waals surface area contributed by atoms with Gasteiger partial charge in [-0.1, -0.05) is 6.07 Å². The van der Waals surface area contributed by atoms with Crippen LogP contribution in [0.5, 0.6) is 0 Å². The summed E-state index contributed by atoms with van der Waals surface area (Å²) in [6, 6.07) is 5.89. The number of anilines is 2. The minimum atomic E-state index is 0.119. The van der Waals surface area contributed by atoms with Crippen molar-refractivity contribution in [2.75, 3.05) is 57.6 Å². The van der Waals surface area contributed by atoms with E-state index in [-0.39, 0.29) is 11.6 Å². The first-order chi connectivity index (χ1) is 13.3. The minimum absolute atomic E-state index is 0.119. The van der Waals surface area contributed by atoms with Gasteiger partial charge < -0.3 is 19.3 Å². The van der Waals surface area contributed by atoms with Crippen LogP contribution in [-0.2, 0) is 0 Å². The van der Waals surface area contributed by atoms with Crippen molar-refractivity contribution in [2.45, 2.75) is 25.3 Å². The minimum Gasteiger partial charge on any atom is -0.362 e. The average molecular weight is 383 g/mol. The summed E-state index contributed by atoms with van der Waals surface area (Å²) >= 11 is 0. The first kappa shape index (κ1) is 18.9. The van der Waals surface area contributed by atoms with Gasteiger partial charge in [0.25, 0.3) is 5.56 Å². The van der Waals surface area contributed by atoms with Gasteiger partial charge in [-0.15, -0.1) is 0 Å². The van der Waals surface area contributed by atoms with Crippen molar-refractivity contribution in [2.24, 2.45) is 5.92 Å². The first-order valence-corrected chi connectivity index (χ1v) is 9.97. The quantitative estimate of drug-likeness (QED) is 0.803. The van der Waals surface area contributed by atoms with Gasteiger partial charge in [0.15, 0.2) is 0 Å². The third-order valence-corrected chi connectivity index (χ3v) is 5.99. The van der Waals surface area contributed by atoms with Crippen molar-refractivity contribution >= 4 is 11.8 Å². The van der Waals surface area contributed by atoms with Crippen LogP contribution in [0.3, 0.4) is 0 Å². The monoisotopic (exact) mass is 382 g/mol. The van der Waals surface area contributed by atoms with E-state index in [9.17, 15) is 4.79 Å². The molecule has 2 aromatic heterocycles. The molecule has 28 heavy (non-hydrogen) atoms. The van der Waals surface area contributed by atoms with Crippen LogP contribution in [0.15, 0.2) is 29.2 Å². The number of pyridine rings is 1. The molecule has 0 unspecified atom stereocenters. The fraction of sp³-hybridized carbons (Fsp3) is 0.571. The van der Waals surface area contributed by atoms with E-state index in [0.717, 1.165) is 49.1 Å². The van der Waals surface area contributed by atoms with E-state index in [4.69, 9.17) is 4.98 Å². The molecule has 4 rings (SSSR count). The number of hydrogen-bond donors (Lipinski definition) is 0. The van der Waals surface area contributed by atoms with Crippen LogP contribution < -0.4 is 15.4 Å². The molecule has 2 aliphatic heterocycles. The Morgan fingerprint density at radius 2 is 1.96 bits per heavy atom. The number of piperidine rings is 1. The maximum atomic E-state index is 12.7. The Hall–Kier alpha value is -2.41. The summed E-state index contributed by atoms with van der Waals surface area (Å²) in [5.41, 5.74) is 2.35. The third kappa shape index (κ3) is 3.28. The van der Waals surface area contributed by atoms with E-state index in [2.05, 4.69) is 39.5 Å². The van der Waals surface area contributed by atoms with Gasteiger partial charge in [0.1, 0.15) is 5.82 Å². The summed E-state index contributed by atoms with van der Waals surface area (Å²) in [5, 5.41) is 0. The van der Waals surface area contributed by atoms with E-state index in [1.54, 1.807) is 6.07 Å². The highest BCUT2D eigenvalue weighted by Gasteiger charge is 2.41. The SMILES string of the molecule is Cc1cnc(N2C[C@H]3C[C@@H](C2)[C@H](CN(C)C)n2c3cccc2=O)nc1N(C)C. The molecule has 0 radical (unpaired) electrons. The largest absolute Gasteiger partial charge is 0.362 e. The van der Waals surface area contributed by atoms with Crippen LogP contribution in [0.2, 0.25) is 0 Å². The van der Waals surface area contributed by atoms with E-state index in [1.165, 1.54) is 0 Å². The molecule has 150 valence electrons. The molecular formula is C21H30N6O. The number of aromatic nitrogens is 3. The molecule has 3 atom stereocenters. The van der Waals surface area contributed by atoms with Crippen molar-refractivity contribution in [3.63, 3.8) is 0 Å². The fourth-order valence-corrected chi connectivity index (χ4v) is 4.84. The molecule has 1 saturated heterocycles. The van der Waals surface area contributed by atoms with Crippen LogP contribution in [0.25, 0.3) is 0 Å². The van der Waals surface area contributed by atoms with Crippen molar-refractivity contribution in [1.82, 2.24) is 19.4 Å². The normalized spacial score (nSPS) is 23.6. The highest BCUT2D eigenvalue weighted by Crippen LogP contribution is 2.42. The maximum absolute atomic E-state index is 12.7. The van der Waals surface area contributed by atoms with Gasteiger partial charge in [-0.2, -0.15) is 4.98 Å². The number of fused-ring (bicyclic) bond motifs is 4. The molecule has 0 spiro atoms. The van der Waals surface area contributed by atoms with Crippen LogP contribution in [0, 0.1) is 12.8 Å². The molecule has 0 aliphatic carbocycles. The molecule has 2 bridgehead atoms. The average Bonchev–Trinajstić information content (AvgIpc) is 2.65. The number of aryl methyl sites for hydroxylation is 1. The highest BCUT2D eigenvalue weighted by molar-refractivity contribution is 5.49. The number of rotatable bonds is 4. The molecule has 4 heterocycles. The van der Waals surface area contributed by atoms with Gasteiger partial charge >= 0.3 is 0 Å². The Morgan fingerprint density at radius 1 is 1.18 bits per heavy atom. The summed E-state index contributed by atoms with van der Waals surface area (Å²) in [7, 11) is 8.18. The number of likely N-dealkylation sites (N-methyl/N-ethyl adjacent to an activating group) is 1. The third-order valence-electron chi connectivity index (χ3n) is 5.99. The molecule has 1 fully saturated rings. The predicted octanol–water partition coefficient (Wildman–Crippen LogP) is 1.74. The fourth-order valence-electron chi connectivity index (χ4n) is 4.84. The highest BCUT2D eigenvalue weighted by atomic mass is 16.1. The zero-order chi connectivity index (χ0) is 20.0. The van der Waals surface area contributed by atoms with Gasteiger partial charge in [0.2, 0.25) is 5.95 Å².